The maximum absolute atomic E-state index is 11.7. The maximum Gasteiger partial charge on any atom is 0.247 e. The first-order chi connectivity index (χ1) is 16.7. The van der Waals surface area contributed by atoms with Crippen molar-refractivity contribution in [3.8, 4) is 11.4 Å². The number of fused-ring (bicyclic) bond motifs is 1. The average molecular weight is 454 g/mol. The van der Waals surface area contributed by atoms with Crippen LogP contribution in [0.3, 0.4) is 0 Å². The summed E-state index contributed by atoms with van der Waals surface area (Å²) in [4.78, 5) is 34.1. The number of carbonyl (C=O) groups excluding carboxylic acids is 1. The van der Waals surface area contributed by atoms with E-state index >= 15 is 0 Å². The summed E-state index contributed by atoms with van der Waals surface area (Å²) in [6.45, 7) is 5.45. The number of nitrogens with zero attached hydrogens (tertiary/aromatic N) is 5. The van der Waals surface area contributed by atoms with Gasteiger partial charge in [0.15, 0.2) is 0 Å². The van der Waals surface area contributed by atoms with E-state index in [1.165, 1.54) is 6.08 Å². The molecule has 10 nitrogen and oxygen atoms in total. The largest absolute Gasteiger partial charge is 0.366 e. The Morgan fingerprint density at radius 2 is 1.97 bits per heavy atom. The van der Waals surface area contributed by atoms with Crippen molar-refractivity contribution in [2.24, 2.45) is 0 Å². The lowest BCUT2D eigenvalue weighted by Gasteiger charge is -2.12. The third-order valence-corrected chi connectivity index (χ3v) is 5.39. The fraction of sp³-hybridized carbons (Fsp3) is 0.167. The van der Waals surface area contributed by atoms with Crippen molar-refractivity contribution in [3.63, 3.8) is 0 Å². The molecule has 1 amide bonds. The first kappa shape index (κ1) is 21.4. The molecule has 34 heavy (non-hydrogen) atoms. The van der Waals surface area contributed by atoms with Gasteiger partial charge in [0.1, 0.15) is 17.0 Å². The highest BCUT2D eigenvalue weighted by Crippen LogP contribution is 2.26. The van der Waals surface area contributed by atoms with Gasteiger partial charge < -0.3 is 21.3 Å². The summed E-state index contributed by atoms with van der Waals surface area (Å²) in [7, 11) is 0. The van der Waals surface area contributed by atoms with Crippen molar-refractivity contribution in [3.05, 3.63) is 67.8 Å². The Kier molecular flexibility index (Phi) is 6.04. The SMILES string of the molecule is C=CC(=O)Nc1ccnc(-c2nccc3cnc(Nc4ccc(N[C@H]5CCNC5)nc4)nc23)c1. The Labute approximate surface area is 196 Å². The Hall–Kier alpha value is -4.44. The second kappa shape index (κ2) is 9.59. The number of amides is 1. The second-order valence-electron chi connectivity index (χ2n) is 7.81. The number of aromatic nitrogens is 5. The van der Waals surface area contributed by atoms with E-state index in [1.54, 1.807) is 36.9 Å². The molecule has 0 unspecified atom stereocenters. The lowest BCUT2D eigenvalue weighted by atomic mass is 10.1. The van der Waals surface area contributed by atoms with Crippen LogP contribution < -0.4 is 21.3 Å². The van der Waals surface area contributed by atoms with Crippen LogP contribution in [0.2, 0.25) is 0 Å². The molecule has 0 radical (unpaired) electrons. The van der Waals surface area contributed by atoms with Gasteiger partial charge in [0.2, 0.25) is 11.9 Å². The first-order valence-corrected chi connectivity index (χ1v) is 10.9. The highest BCUT2D eigenvalue weighted by atomic mass is 16.1. The van der Waals surface area contributed by atoms with Crippen LogP contribution in [0.4, 0.5) is 23.1 Å². The first-order valence-electron chi connectivity index (χ1n) is 10.9. The number of rotatable bonds is 7. The van der Waals surface area contributed by atoms with E-state index in [2.05, 4.69) is 52.8 Å². The quantitative estimate of drug-likeness (QED) is 0.312. The predicted octanol–water partition coefficient (Wildman–Crippen LogP) is 3.12. The third kappa shape index (κ3) is 4.81. The van der Waals surface area contributed by atoms with Crippen LogP contribution in [0, 0.1) is 0 Å². The number of carbonyl (C=O) groups is 1. The Morgan fingerprint density at radius 3 is 2.76 bits per heavy atom. The molecule has 4 N–H and O–H groups in total. The van der Waals surface area contributed by atoms with Crippen LogP contribution >= 0.6 is 0 Å². The fourth-order valence-electron chi connectivity index (χ4n) is 3.70. The van der Waals surface area contributed by atoms with E-state index in [0.29, 0.717) is 34.6 Å². The molecule has 170 valence electrons. The van der Waals surface area contributed by atoms with Crippen molar-refractivity contribution in [2.75, 3.05) is 29.0 Å². The second-order valence-corrected chi connectivity index (χ2v) is 7.81. The summed E-state index contributed by atoms with van der Waals surface area (Å²) in [5.41, 5.74) is 3.16. The molecule has 1 atom stereocenters. The van der Waals surface area contributed by atoms with Crippen molar-refractivity contribution < 1.29 is 4.79 Å². The van der Waals surface area contributed by atoms with Crippen LogP contribution in [-0.4, -0.2) is 50.0 Å². The van der Waals surface area contributed by atoms with Crippen molar-refractivity contribution >= 4 is 40.0 Å². The van der Waals surface area contributed by atoms with E-state index in [4.69, 9.17) is 0 Å². The molecule has 1 saturated heterocycles. The molecular formula is C24H23N9O. The van der Waals surface area contributed by atoms with E-state index in [0.717, 1.165) is 36.4 Å². The van der Waals surface area contributed by atoms with Gasteiger partial charge in [-0.25, -0.2) is 15.0 Å². The van der Waals surface area contributed by atoms with Crippen LogP contribution in [0.15, 0.2) is 67.8 Å². The Morgan fingerprint density at radius 1 is 1.06 bits per heavy atom. The lowest BCUT2D eigenvalue weighted by Crippen LogP contribution is -2.22. The molecular weight excluding hydrogens is 430 g/mol. The van der Waals surface area contributed by atoms with Gasteiger partial charge in [-0.2, -0.15) is 0 Å². The highest BCUT2D eigenvalue weighted by molar-refractivity contribution is 5.99. The Balaban J connectivity index is 1.39. The molecule has 10 heteroatoms. The fourth-order valence-corrected chi connectivity index (χ4v) is 3.70. The van der Waals surface area contributed by atoms with Gasteiger partial charge in [-0.1, -0.05) is 6.58 Å². The summed E-state index contributed by atoms with van der Waals surface area (Å²) < 4.78 is 0. The summed E-state index contributed by atoms with van der Waals surface area (Å²) in [6.07, 6.45) is 9.07. The van der Waals surface area contributed by atoms with Gasteiger partial charge >= 0.3 is 0 Å². The number of anilines is 4. The molecule has 1 fully saturated rings. The topological polar surface area (TPSA) is 130 Å². The van der Waals surface area contributed by atoms with Gasteiger partial charge in [0.25, 0.3) is 0 Å². The van der Waals surface area contributed by atoms with Crippen LogP contribution in [0.25, 0.3) is 22.3 Å². The highest BCUT2D eigenvalue weighted by Gasteiger charge is 2.14. The Bertz CT molecular complexity index is 1330. The molecule has 0 bridgehead atoms. The van der Waals surface area contributed by atoms with Gasteiger partial charge in [0.05, 0.1) is 17.6 Å². The molecule has 0 aromatic carbocycles. The maximum atomic E-state index is 11.7. The van der Waals surface area contributed by atoms with Gasteiger partial charge in [-0.05, 0) is 49.4 Å². The zero-order chi connectivity index (χ0) is 23.3. The lowest BCUT2D eigenvalue weighted by molar-refractivity contribution is -0.111. The van der Waals surface area contributed by atoms with E-state index in [9.17, 15) is 4.79 Å². The molecule has 0 spiro atoms. The molecule has 4 aromatic heterocycles. The molecule has 5 rings (SSSR count). The van der Waals surface area contributed by atoms with Crippen LogP contribution in [-0.2, 0) is 4.79 Å². The average Bonchev–Trinajstić information content (AvgIpc) is 3.38. The zero-order valence-electron chi connectivity index (χ0n) is 18.3. The predicted molar refractivity (Wildman–Crippen MR) is 132 cm³/mol. The molecule has 1 aliphatic rings. The monoisotopic (exact) mass is 453 g/mol. The smallest absolute Gasteiger partial charge is 0.247 e. The van der Waals surface area contributed by atoms with Crippen LogP contribution in [0.1, 0.15) is 6.42 Å². The molecule has 4 aromatic rings. The minimum atomic E-state index is -0.299. The number of pyridine rings is 3. The van der Waals surface area contributed by atoms with Crippen molar-refractivity contribution in [1.82, 2.24) is 30.2 Å². The van der Waals surface area contributed by atoms with Crippen molar-refractivity contribution in [1.29, 1.82) is 0 Å². The van der Waals surface area contributed by atoms with E-state index in [-0.39, 0.29) is 5.91 Å². The van der Waals surface area contributed by atoms with Gasteiger partial charge in [-0.3, -0.25) is 14.8 Å². The number of hydrogen-bond donors (Lipinski definition) is 4. The van der Waals surface area contributed by atoms with E-state index < -0.39 is 0 Å². The summed E-state index contributed by atoms with van der Waals surface area (Å²) >= 11 is 0. The minimum Gasteiger partial charge on any atom is -0.366 e. The molecule has 5 heterocycles. The minimum absolute atomic E-state index is 0.299. The molecule has 0 aliphatic carbocycles. The molecule has 1 aliphatic heterocycles. The third-order valence-electron chi connectivity index (χ3n) is 5.39. The summed E-state index contributed by atoms with van der Waals surface area (Å²) in [5, 5.41) is 13.5. The van der Waals surface area contributed by atoms with E-state index in [1.807, 2.05) is 18.2 Å². The van der Waals surface area contributed by atoms with Gasteiger partial charge in [-0.15, -0.1) is 0 Å². The molecule has 0 saturated carbocycles. The standard InChI is InChI=1S/C24H23N9O/c1-2-21(34)31-16-7-10-26-19(11-16)23-22-15(5-9-27-23)12-29-24(33-22)32-17-3-4-20(28-14-17)30-18-6-8-25-13-18/h2-5,7,9-12,14,18,25H,1,6,8,13H2,(H,28,30)(H,26,31,34)(H,29,32,33)/t18-/m0/s1. The number of nitrogens with one attached hydrogen (secondary N) is 4. The number of hydrogen-bond acceptors (Lipinski definition) is 9. The summed E-state index contributed by atoms with van der Waals surface area (Å²) in [5.74, 6) is 0.951. The normalized spacial score (nSPS) is 15.1. The van der Waals surface area contributed by atoms with Crippen LogP contribution in [0.5, 0.6) is 0 Å². The zero-order valence-corrected chi connectivity index (χ0v) is 18.3. The van der Waals surface area contributed by atoms with Crippen molar-refractivity contribution in [2.45, 2.75) is 12.5 Å². The van der Waals surface area contributed by atoms with Gasteiger partial charge in [0, 0.05) is 42.3 Å². The summed E-state index contributed by atoms with van der Waals surface area (Å²) in [6, 6.07) is 9.55.